The highest BCUT2D eigenvalue weighted by Gasteiger charge is 2.35. The van der Waals surface area contributed by atoms with Crippen molar-refractivity contribution >= 4 is 17.6 Å². The number of methoxy groups -OCH3 is 1. The first-order valence-electron chi connectivity index (χ1n) is 8.43. The molecular weight excluding hydrogens is 308 g/mol. The van der Waals surface area contributed by atoms with Gasteiger partial charge in [0.1, 0.15) is 5.75 Å². The topological polar surface area (TPSA) is 90.6 Å². The van der Waals surface area contributed by atoms with Gasteiger partial charge in [0.25, 0.3) is 0 Å². The van der Waals surface area contributed by atoms with Gasteiger partial charge in [-0.2, -0.15) is 0 Å². The Hall–Kier alpha value is -2.08. The van der Waals surface area contributed by atoms with Gasteiger partial charge in [0.15, 0.2) is 0 Å². The number of anilines is 1. The van der Waals surface area contributed by atoms with E-state index >= 15 is 0 Å². The van der Waals surface area contributed by atoms with Crippen LogP contribution in [0.1, 0.15) is 44.9 Å². The minimum absolute atomic E-state index is 0.117. The standard InChI is InChI=1S/C18H26N2O4/c1-23-16(21)6-5-13-24-15-9-7-14(8-10-15)20-17(22)18(19)11-3-2-4-12-18/h7-10H,2-6,11-13,19H2,1H3,(H,20,22). The first-order valence-corrected chi connectivity index (χ1v) is 8.43. The van der Waals surface area contributed by atoms with E-state index in [1.807, 2.05) is 0 Å². The lowest BCUT2D eigenvalue weighted by molar-refractivity contribution is -0.140. The molecule has 1 amide bonds. The van der Waals surface area contributed by atoms with Gasteiger partial charge in [-0.15, -0.1) is 0 Å². The second-order valence-electron chi connectivity index (χ2n) is 6.22. The zero-order valence-corrected chi connectivity index (χ0v) is 14.2. The Kier molecular flexibility index (Phi) is 6.61. The van der Waals surface area contributed by atoms with E-state index in [9.17, 15) is 9.59 Å². The van der Waals surface area contributed by atoms with Crippen molar-refractivity contribution in [3.05, 3.63) is 24.3 Å². The van der Waals surface area contributed by atoms with Gasteiger partial charge >= 0.3 is 5.97 Å². The van der Waals surface area contributed by atoms with Crippen LogP contribution >= 0.6 is 0 Å². The molecule has 1 fully saturated rings. The van der Waals surface area contributed by atoms with E-state index in [1.165, 1.54) is 7.11 Å². The van der Waals surface area contributed by atoms with Crippen LogP contribution in [-0.4, -0.2) is 31.1 Å². The minimum Gasteiger partial charge on any atom is -0.494 e. The van der Waals surface area contributed by atoms with Gasteiger partial charge in [-0.1, -0.05) is 19.3 Å². The molecule has 0 saturated heterocycles. The minimum atomic E-state index is -0.749. The number of ether oxygens (including phenoxy) is 2. The number of amides is 1. The molecule has 6 heteroatoms. The van der Waals surface area contributed by atoms with Crippen molar-refractivity contribution in [3.63, 3.8) is 0 Å². The van der Waals surface area contributed by atoms with Gasteiger partial charge in [0, 0.05) is 12.1 Å². The highest BCUT2D eigenvalue weighted by Crippen LogP contribution is 2.27. The summed E-state index contributed by atoms with van der Waals surface area (Å²) < 4.78 is 10.1. The van der Waals surface area contributed by atoms with Crippen molar-refractivity contribution in [2.75, 3.05) is 19.0 Å². The molecule has 24 heavy (non-hydrogen) atoms. The third-order valence-electron chi connectivity index (χ3n) is 4.33. The molecule has 1 aromatic carbocycles. The summed E-state index contributed by atoms with van der Waals surface area (Å²) in [5.41, 5.74) is 6.18. The molecule has 0 aromatic heterocycles. The van der Waals surface area contributed by atoms with Gasteiger partial charge in [-0.25, -0.2) is 0 Å². The van der Waals surface area contributed by atoms with Gasteiger partial charge in [0.05, 0.1) is 19.3 Å². The molecule has 0 atom stereocenters. The Morgan fingerprint density at radius 3 is 2.46 bits per heavy atom. The van der Waals surface area contributed by atoms with E-state index in [1.54, 1.807) is 24.3 Å². The maximum absolute atomic E-state index is 12.4. The first-order chi connectivity index (χ1) is 11.5. The zero-order valence-electron chi connectivity index (χ0n) is 14.2. The molecule has 0 unspecified atom stereocenters. The fourth-order valence-corrected chi connectivity index (χ4v) is 2.81. The van der Waals surface area contributed by atoms with Crippen LogP contribution in [0, 0.1) is 0 Å². The Labute approximate surface area is 142 Å². The lowest BCUT2D eigenvalue weighted by Crippen LogP contribution is -2.52. The fraction of sp³-hybridized carbons (Fsp3) is 0.556. The number of rotatable bonds is 7. The smallest absolute Gasteiger partial charge is 0.305 e. The van der Waals surface area contributed by atoms with Crippen LogP contribution in [0.4, 0.5) is 5.69 Å². The number of carbonyl (C=O) groups is 2. The van der Waals surface area contributed by atoms with E-state index in [-0.39, 0.29) is 11.9 Å². The quantitative estimate of drug-likeness (QED) is 0.591. The predicted octanol–water partition coefficient (Wildman–Crippen LogP) is 2.62. The number of hydrogen-bond acceptors (Lipinski definition) is 5. The summed E-state index contributed by atoms with van der Waals surface area (Å²) >= 11 is 0. The molecule has 0 bridgehead atoms. The maximum Gasteiger partial charge on any atom is 0.305 e. The molecule has 1 saturated carbocycles. The van der Waals surface area contributed by atoms with Crippen molar-refractivity contribution in [3.8, 4) is 5.75 Å². The van der Waals surface area contributed by atoms with Crippen molar-refractivity contribution in [2.45, 2.75) is 50.5 Å². The number of esters is 1. The highest BCUT2D eigenvalue weighted by atomic mass is 16.5. The van der Waals surface area contributed by atoms with Crippen molar-refractivity contribution < 1.29 is 19.1 Å². The molecule has 132 valence electrons. The summed E-state index contributed by atoms with van der Waals surface area (Å²) in [4.78, 5) is 23.4. The molecular formula is C18H26N2O4. The van der Waals surface area contributed by atoms with Crippen molar-refractivity contribution in [1.82, 2.24) is 0 Å². The molecule has 1 aromatic rings. The third kappa shape index (κ3) is 5.23. The molecule has 0 heterocycles. The second kappa shape index (κ2) is 8.68. The number of nitrogens with one attached hydrogen (secondary N) is 1. The lowest BCUT2D eigenvalue weighted by atomic mass is 9.82. The molecule has 6 nitrogen and oxygen atoms in total. The molecule has 0 radical (unpaired) electrons. The fourth-order valence-electron chi connectivity index (χ4n) is 2.81. The van der Waals surface area contributed by atoms with Crippen LogP contribution in [0.5, 0.6) is 5.75 Å². The van der Waals surface area contributed by atoms with E-state index < -0.39 is 5.54 Å². The molecule has 0 spiro atoms. The monoisotopic (exact) mass is 334 g/mol. The Morgan fingerprint density at radius 1 is 1.17 bits per heavy atom. The van der Waals surface area contributed by atoms with Crippen molar-refractivity contribution in [2.24, 2.45) is 5.73 Å². The number of benzene rings is 1. The Morgan fingerprint density at radius 2 is 1.83 bits per heavy atom. The number of hydrogen-bond donors (Lipinski definition) is 2. The second-order valence-corrected chi connectivity index (χ2v) is 6.22. The molecule has 0 aliphatic heterocycles. The summed E-state index contributed by atoms with van der Waals surface area (Å²) in [5, 5.41) is 2.89. The molecule has 2 rings (SSSR count). The van der Waals surface area contributed by atoms with E-state index in [2.05, 4.69) is 10.1 Å². The first kappa shape index (κ1) is 18.3. The third-order valence-corrected chi connectivity index (χ3v) is 4.33. The van der Waals surface area contributed by atoms with E-state index in [4.69, 9.17) is 10.5 Å². The van der Waals surface area contributed by atoms with Gasteiger partial charge in [0.2, 0.25) is 5.91 Å². The Balaban J connectivity index is 1.79. The number of nitrogens with two attached hydrogens (primary N) is 1. The average molecular weight is 334 g/mol. The van der Waals surface area contributed by atoms with Crippen LogP contribution in [0.3, 0.4) is 0 Å². The lowest BCUT2D eigenvalue weighted by Gasteiger charge is -2.31. The summed E-state index contributed by atoms with van der Waals surface area (Å²) in [6.07, 6.45) is 5.56. The SMILES string of the molecule is COC(=O)CCCOc1ccc(NC(=O)C2(N)CCCCC2)cc1. The van der Waals surface area contributed by atoms with Crippen LogP contribution in [-0.2, 0) is 14.3 Å². The molecule has 3 N–H and O–H groups in total. The number of carbonyl (C=O) groups excluding carboxylic acids is 2. The maximum atomic E-state index is 12.4. The Bertz CT molecular complexity index is 551. The van der Waals surface area contributed by atoms with Gasteiger partial charge < -0.3 is 20.5 Å². The van der Waals surface area contributed by atoms with Crippen LogP contribution < -0.4 is 15.8 Å². The van der Waals surface area contributed by atoms with Gasteiger partial charge in [-0.3, -0.25) is 9.59 Å². The zero-order chi connectivity index (χ0) is 17.4. The summed E-state index contributed by atoms with van der Waals surface area (Å²) in [7, 11) is 1.37. The van der Waals surface area contributed by atoms with E-state index in [0.29, 0.717) is 30.9 Å². The van der Waals surface area contributed by atoms with Crippen molar-refractivity contribution in [1.29, 1.82) is 0 Å². The van der Waals surface area contributed by atoms with Crippen LogP contribution in [0.25, 0.3) is 0 Å². The largest absolute Gasteiger partial charge is 0.494 e. The highest BCUT2D eigenvalue weighted by molar-refractivity contribution is 5.98. The summed E-state index contributed by atoms with van der Waals surface area (Å²) in [6, 6.07) is 7.16. The van der Waals surface area contributed by atoms with E-state index in [0.717, 1.165) is 32.1 Å². The summed E-state index contributed by atoms with van der Waals surface area (Å²) in [5.74, 6) is 0.335. The normalized spacial score (nSPS) is 16.2. The molecule has 1 aliphatic carbocycles. The average Bonchev–Trinajstić information content (AvgIpc) is 2.60. The van der Waals surface area contributed by atoms with Crippen LogP contribution in [0.2, 0.25) is 0 Å². The predicted molar refractivity (Wildman–Crippen MR) is 91.8 cm³/mol. The van der Waals surface area contributed by atoms with Gasteiger partial charge in [-0.05, 0) is 43.5 Å². The summed E-state index contributed by atoms with van der Waals surface area (Å²) in [6.45, 7) is 0.437. The van der Waals surface area contributed by atoms with Crippen LogP contribution in [0.15, 0.2) is 24.3 Å². The molecule has 1 aliphatic rings.